The molecule has 17 heavy (non-hydrogen) atoms. The van der Waals surface area contributed by atoms with Crippen molar-refractivity contribution in [3.8, 4) is 5.75 Å². The fourth-order valence-electron chi connectivity index (χ4n) is 1.60. The number of hydrogen-bond acceptors (Lipinski definition) is 3. The zero-order chi connectivity index (χ0) is 12.7. The molecule has 0 aliphatic heterocycles. The second-order valence-corrected chi connectivity index (χ2v) is 4.45. The number of aliphatic hydroxyl groups is 1. The van der Waals surface area contributed by atoms with Crippen LogP contribution >= 0.6 is 0 Å². The van der Waals surface area contributed by atoms with Gasteiger partial charge in [-0.2, -0.15) is 0 Å². The molecule has 1 aromatic carbocycles. The highest BCUT2D eigenvalue weighted by Gasteiger charge is 2.13. The van der Waals surface area contributed by atoms with Gasteiger partial charge in [0.2, 0.25) is 0 Å². The van der Waals surface area contributed by atoms with Crippen molar-refractivity contribution < 1.29 is 9.84 Å². The lowest BCUT2D eigenvalue weighted by atomic mass is 10.1. The number of nitrogens with two attached hydrogens (primary N) is 1. The van der Waals surface area contributed by atoms with Crippen LogP contribution in [-0.4, -0.2) is 23.9 Å². The van der Waals surface area contributed by atoms with Gasteiger partial charge >= 0.3 is 0 Å². The van der Waals surface area contributed by atoms with Gasteiger partial charge in [-0.1, -0.05) is 25.5 Å². The summed E-state index contributed by atoms with van der Waals surface area (Å²) in [4.78, 5) is 0. The summed E-state index contributed by atoms with van der Waals surface area (Å²) in [7, 11) is 0. The molecule has 3 N–H and O–H groups in total. The van der Waals surface area contributed by atoms with Crippen LogP contribution < -0.4 is 10.5 Å². The minimum Gasteiger partial charge on any atom is -0.486 e. The summed E-state index contributed by atoms with van der Waals surface area (Å²) < 4.78 is 5.61. The first-order valence-electron chi connectivity index (χ1n) is 6.29. The number of aliphatic hydroxyl groups excluding tert-OH is 1. The number of ether oxygens (including phenoxy) is 1. The van der Waals surface area contributed by atoms with Crippen molar-refractivity contribution in [2.75, 3.05) is 6.61 Å². The molecule has 0 heterocycles. The van der Waals surface area contributed by atoms with Gasteiger partial charge in [-0.3, -0.25) is 0 Å². The Morgan fingerprint density at radius 3 is 2.41 bits per heavy atom. The maximum absolute atomic E-state index is 9.12. The molecule has 1 rings (SSSR count). The van der Waals surface area contributed by atoms with Crippen LogP contribution in [-0.2, 0) is 6.42 Å². The third kappa shape index (κ3) is 4.75. The standard InChI is InChI=1S/C14H23NO2/c1-3-4-5-12-6-8-13(9-7-12)17-14(10-16)11(2)15/h6-9,11,14,16H,3-5,10,15H2,1-2H3. The molecule has 0 radical (unpaired) electrons. The highest BCUT2D eigenvalue weighted by Crippen LogP contribution is 2.16. The summed E-state index contributed by atoms with van der Waals surface area (Å²) >= 11 is 0. The van der Waals surface area contributed by atoms with E-state index in [2.05, 4.69) is 19.1 Å². The first-order valence-corrected chi connectivity index (χ1v) is 6.29. The van der Waals surface area contributed by atoms with Crippen LogP contribution in [0.4, 0.5) is 0 Å². The summed E-state index contributed by atoms with van der Waals surface area (Å²) in [6, 6.07) is 7.84. The second-order valence-electron chi connectivity index (χ2n) is 4.45. The lowest BCUT2D eigenvalue weighted by Crippen LogP contribution is -2.39. The van der Waals surface area contributed by atoms with Crippen LogP contribution in [0.3, 0.4) is 0 Å². The van der Waals surface area contributed by atoms with Crippen molar-refractivity contribution in [3.63, 3.8) is 0 Å². The van der Waals surface area contributed by atoms with Gasteiger partial charge in [-0.05, 0) is 37.5 Å². The second kappa shape index (κ2) is 7.30. The average molecular weight is 237 g/mol. The highest BCUT2D eigenvalue weighted by atomic mass is 16.5. The Morgan fingerprint density at radius 2 is 1.94 bits per heavy atom. The Labute approximate surface area is 104 Å². The summed E-state index contributed by atoms with van der Waals surface area (Å²) in [5.41, 5.74) is 7.03. The molecule has 0 aliphatic carbocycles. The Morgan fingerprint density at radius 1 is 1.29 bits per heavy atom. The van der Waals surface area contributed by atoms with Crippen molar-refractivity contribution in [2.45, 2.75) is 45.3 Å². The largest absolute Gasteiger partial charge is 0.486 e. The summed E-state index contributed by atoms with van der Waals surface area (Å²) in [6.07, 6.45) is 3.18. The SMILES string of the molecule is CCCCc1ccc(OC(CO)C(C)N)cc1. The van der Waals surface area contributed by atoms with Gasteiger partial charge in [0.05, 0.1) is 6.61 Å². The van der Waals surface area contributed by atoms with Crippen molar-refractivity contribution in [3.05, 3.63) is 29.8 Å². The van der Waals surface area contributed by atoms with Crippen molar-refractivity contribution in [2.24, 2.45) is 5.73 Å². The molecular formula is C14H23NO2. The Hall–Kier alpha value is -1.06. The molecule has 0 amide bonds. The Kier molecular flexibility index (Phi) is 6.01. The van der Waals surface area contributed by atoms with Gasteiger partial charge in [-0.15, -0.1) is 0 Å². The van der Waals surface area contributed by atoms with E-state index in [9.17, 15) is 0 Å². The van der Waals surface area contributed by atoms with Crippen LogP contribution in [0.1, 0.15) is 32.3 Å². The number of unbranched alkanes of at least 4 members (excludes halogenated alkanes) is 1. The van der Waals surface area contributed by atoms with E-state index < -0.39 is 0 Å². The Balaban J connectivity index is 2.55. The fraction of sp³-hybridized carbons (Fsp3) is 0.571. The third-order valence-corrected chi connectivity index (χ3v) is 2.80. The molecule has 3 nitrogen and oxygen atoms in total. The molecule has 0 saturated carbocycles. The molecule has 2 unspecified atom stereocenters. The van der Waals surface area contributed by atoms with E-state index in [1.807, 2.05) is 19.1 Å². The van der Waals surface area contributed by atoms with E-state index in [1.165, 1.54) is 18.4 Å². The van der Waals surface area contributed by atoms with E-state index in [-0.39, 0.29) is 18.8 Å². The van der Waals surface area contributed by atoms with Gasteiger partial charge in [0.25, 0.3) is 0 Å². The van der Waals surface area contributed by atoms with Crippen LogP contribution in [0.5, 0.6) is 5.75 Å². The van der Waals surface area contributed by atoms with Gasteiger partial charge < -0.3 is 15.6 Å². The van der Waals surface area contributed by atoms with E-state index in [1.54, 1.807) is 0 Å². The lowest BCUT2D eigenvalue weighted by Gasteiger charge is -2.20. The van der Waals surface area contributed by atoms with Crippen LogP contribution in [0.25, 0.3) is 0 Å². The lowest BCUT2D eigenvalue weighted by molar-refractivity contribution is 0.0991. The molecule has 0 aliphatic rings. The number of aryl methyl sites for hydroxylation is 1. The maximum Gasteiger partial charge on any atom is 0.136 e. The highest BCUT2D eigenvalue weighted by molar-refractivity contribution is 5.27. The van der Waals surface area contributed by atoms with Crippen molar-refractivity contribution in [1.29, 1.82) is 0 Å². The number of hydrogen-bond donors (Lipinski definition) is 2. The average Bonchev–Trinajstić information content (AvgIpc) is 2.34. The first kappa shape index (κ1) is 14.0. The van der Waals surface area contributed by atoms with Crippen LogP contribution in [0, 0.1) is 0 Å². The molecule has 2 atom stereocenters. The fourth-order valence-corrected chi connectivity index (χ4v) is 1.60. The zero-order valence-corrected chi connectivity index (χ0v) is 10.7. The minimum absolute atomic E-state index is 0.0603. The Bertz CT molecular complexity index is 309. The van der Waals surface area contributed by atoms with Gasteiger partial charge in [0, 0.05) is 6.04 Å². The molecule has 1 aromatic rings. The third-order valence-electron chi connectivity index (χ3n) is 2.80. The van der Waals surface area contributed by atoms with Crippen molar-refractivity contribution in [1.82, 2.24) is 0 Å². The van der Waals surface area contributed by atoms with Crippen LogP contribution in [0.15, 0.2) is 24.3 Å². The quantitative estimate of drug-likeness (QED) is 0.763. The molecule has 0 aromatic heterocycles. The summed E-state index contributed by atoms with van der Waals surface area (Å²) in [6.45, 7) is 3.96. The van der Waals surface area contributed by atoms with Gasteiger partial charge in [-0.25, -0.2) is 0 Å². The number of benzene rings is 1. The number of rotatable bonds is 7. The van der Waals surface area contributed by atoms with Crippen LogP contribution in [0.2, 0.25) is 0 Å². The normalized spacial score (nSPS) is 14.4. The maximum atomic E-state index is 9.12. The predicted molar refractivity (Wildman–Crippen MR) is 70.2 cm³/mol. The van der Waals surface area contributed by atoms with E-state index in [4.69, 9.17) is 15.6 Å². The van der Waals surface area contributed by atoms with E-state index >= 15 is 0 Å². The molecule has 0 fully saturated rings. The molecule has 96 valence electrons. The van der Waals surface area contributed by atoms with E-state index in [0.717, 1.165) is 12.2 Å². The molecule has 3 heteroatoms. The minimum atomic E-state index is -0.337. The smallest absolute Gasteiger partial charge is 0.136 e. The molecular weight excluding hydrogens is 214 g/mol. The predicted octanol–water partition coefficient (Wildman–Crippen LogP) is 2.12. The zero-order valence-electron chi connectivity index (χ0n) is 10.7. The summed E-state index contributed by atoms with van der Waals surface area (Å²) in [5, 5.41) is 9.12. The first-order chi connectivity index (χ1) is 8.17. The van der Waals surface area contributed by atoms with Crippen molar-refractivity contribution >= 4 is 0 Å². The molecule has 0 bridgehead atoms. The molecule has 0 spiro atoms. The molecule has 0 saturated heterocycles. The topological polar surface area (TPSA) is 55.5 Å². The van der Waals surface area contributed by atoms with E-state index in [0.29, 0.717) is 0 Å². The monoisotopic (exact) mass is 237 g/mol. The van der Waals surface area contributed by atoms with Gasteiger partial charge in [0.15, 0.2) is 0 Å². The summed E-state index contributed by atoms with van der Waals surface area (Å²) in [5.74, 6) is 0.765. The van der Waals surface area contributed by atoms with Gasteiger partial charge in [0.1, 0.15) is 11.9 Å².